The summed E-state index contributed by atoms with van der Waals surface area (Å²) in [6.07, 6.45) is 22.6. The van der Waals surface area contributed by atoms with Crippen LogP contribution in [0.1, 0.15) is 162 Å². The molecule has 0 fully saturated rings. The van der Waals surface area contributed by atoms with E-state index < -0.39 is 84.0 Å². The summed E-state index contributed by atoms with van der Waals surface area (Å²) in [5, 5.41) is 47.0. The van der Waals surface area contributed by atoms with E-state index in [1.54, 1.807) is 18.2 Å². The first-order valence-corrected chi connectivity index (χ1v) is 24.2. The maximum atomic E-state index is 14.1. The molecule has 2 aliphatic carbocycles. The summed E-state index contributed by atoms with van der Waals surface area (Å²) in [6, 6.07) is -4.76. The molecule has 4 bridgehead atoms. The van der Waals surface area contributed by atoms with Gasteiger partial charge < -0.3 is 40.9 Å². The number of rotatable bonds is 26. The highest BCUT2D eigenvalue weighted by atomic mass is 16.4. The summed E-state index contributed by atoms with van der Waals surface area (Å²) in [4.78, 5) is 95.0. The molecule has 6 N–H and O–H groups in total. The van der Waals surface area contributed by atoms with E-state index in [2.05, 4.69) is 17.6 Å². The fourth-order valence-electron chi connectivity index (χ4n) is 8.94. The molecule has 0 saturated carbocycles. The Balaban J connectivity index is 1.52. The van der Waals surface area contributed by atoms with Gasteiger partial charge in [-0.2, -0.15) is 0 Å². The average Bonchev–Trinajstić information content (AvgIpc) is 3.27. The maximum absolute atomic E-state index is 14.1. The van der Waals surface area contributed by atoms with E-state index in [1.165, 1.54) is 114 Å². The molecule has 1 heterocycles. The van der Waals surface area contributed by atoms with Crippen LogP contribution in [-0.2, 0) is 33.6 Å². The Bertz CT molecular complexity index is 1770. The predicted molar refractivity (Wildman–Crippen MR) is 248 cm³/mol. The number of allylic oxidation sites excluding steroid dienone is 2. The van der Waals surface area contributed by atoms with E-state index in [0.29, 0.717) is 23.1 Å². The van der Waals surface area contributed by atoms with E-state index in [9.17, 15) is 54.0 Å². The third-order valence-corrected chi connectivity index (χ3v) is 13.2. The largest absolute Gasteiger partial charge is 0.508 e. The Morgan fingerprint density at radius 3 is 1.98 bits per heavy atom. The number of hydrogen-bond acceptors (Lipinski definition) is 10. The molecular formula is C50H78N4O11. The first-order valence-electron chi connectivity index (χ1n) is 24.2. The van der Waals surface area contributed by atoms with Gasteiger partial charge in [-0.1, -0.05) is 122 Å². The number of likely N-dealkylation sites (N-methyl/N-ethyl adjacent to an activating group) is 2. The second-order valence-electron chi connectivity index (χ2n) is 18.4. The van der Waals surface area contributed by atoms with Crippen molar-refractivity contribution in [3.05, 3.63) is 46.8 Å². The van der Waals surface area contributed by atoms with Crippen molar-refractivity contribution >= 4 is 41.2 Å². The van der Waals surface area contributed by atoms with E-state index in [-0.39, 0.29) is 56.6 Å². The molecule has 65 heavy (non-hydrogen) atoms. The Kier molecular flexibility index (Phi) is 23.9. The Hall–Kier alpha value is -4.63. The van der Waals surface area contributed by atoms with Crippen LogP contribution in [0.4, 0.5) is 0 Å². The number of nitrogens with one attached hydrogen (secondary N) is 2. The number of Topliss-reactive ketones (excluding diaryl/α,β-unsaturated/α-hetero) is 2. The molecule has 0 aromatic carbocycles. The molecule has 0 spiro atoms. The van der Waals surface area contributed by atoms with Crippen LogP contribution >= 0.6 is 0 Å². The van der Waals surface area contributed by atoms with Crippen LogP contribution in [0.25, 0.3) is 0 Å². The summed E-state index contributed by atoms with van der Waals surface area (Å²) >= 11 is 0. The van der Waals surface area contributed by atoms with Crippen molar-refractivity contribution in [2.75, 3.05) is 20.7 Å². The highest BCUT2D eigenvalue weighted by molar-refractivity contribution is 5.96. The van der Waals surface area contributed by atoms with Gasteiger partial charge in [0.25, 0.3) is 0 Å². The monoisotopic (exact) mass is 911 g/mol. The van der Waals surface area contributed by atoms with Gasteiger partial charge in [-0.05, 0) is 43.4 Å². The molecule has 0 radical (unpaired) electrons. The molecule has 15 nitrogen and oxygen atoms in total. The molecule has 3 rings (SSSR count). The first kappa shape index (κ1) is 54.7. The molecule has 15 heteroatoms. The minimum atomic E-state index is -1.32. The molecule has 0 aromatic rings. The summed E-state index contributed by atoms with van der Waals surface area (Å²) in [7, 11) is 2.86. The average molecular weight is 911 g/mol. The molecule has 3 aliphatic rings. The number of carbonyl (C=O) groups is 7. The van der Waals surface area contributed by atoms with Crippen molar-refractivity contribution in [2.24, 2.45) is 11.8 Å². The lowest BCUT2D eigenvalue weighted by molar-refractivity contribution is -0.143. The van der Waals surface area contributed by atoms with Crippen LogP contribution < -0.4 is 10.6 Å². The fraction of sp³-hybridized carbons (Fsp3) is 0.700. The number of carboxylic acid groups (broad SMARTS) is 1. The number of carbonyl (C=O) groups excluding carboxylic acids is 6. The topological polar surface area (TPSA) is 231 Å². The second kappa shape index (κ2) is 28.4. The highest BCUT2D eigenvalue weighted by Crippen LogP contribution is 2.37. The molecule has 0 aromatic heterocycles. The molecule has 1 aliphatic heterocycles. The number of hydrogen-bond donors (Lipinski definition) is 6. The molecule has 7 atom stereocenters. The first-order chi connectivity index (χ1) is 31.0. The van der Waals surface area contributed by atoms with Crippen LogP contribution in [0.3, 0.4) is 0 Å². The number of carboxylic acids is 1. The van der Waals surface area contributed by atoms with Crippen molar-refractivity contribution in [2.45, 2.75) is 192 Å². The Morgan fingerprint density at radius 1 is 0.831 bits per heavy atom. The Morgan fingerprint density at radius 2 is 1.42 bits per heavy atom. The number of aliphatic carboxylic acids is 1. The summed E-state index contributed by atoms with van der Waals surface area (Å²) in [5.41, 5.74) is 1.23. The molecule has 364 valence electrons. The van der Waals surface area contributed by atoms with E-state index in [0.717, 1.165) is 19.3 Å². The van der Waals surface area contributed by atoms with Gasteiger partial charge in [-0.25, -0.2) is 4.79 Å². The molecular weight excluding hydrogens is 833 g/mol. The lowest BCUT2D eigenvalue weighted by Gasteiger charge is -2.36. The minimum absolute atomic E-state index is 0.0416. The van der Waals surface area contributed by atoms with Gasteiger partial charge in [0.05, 0.1) is 24.8 Å². The van der Waals surface area contributed by atoms with Crippen molar-refractivity contribution in [1.82, 2.24) is 20.4 Å². The fourth-order valence-corrected chi connectivity index (χ4v) is 8.94. The van der Waals surface area contributed by atoms with Crippen molar-refractivity contribution in [1.29, 1.82) is 0 Å². The van der Waals surface area contributed by atoms with E-state index in [4.69, 9.17) is 0 Å². The van der Waals surface area contributed by atoms with Crippen molar-refractivity contribution in [3.8, 4) is 0 Å². The maximum Gasteiger partial charge on any atom is 0.326 e. The number of amides is 4. The van der Waals surface area contributed by atoms with E-state index >= 15 is 0 Å². The lowest BCUT2D eigenvalue weighted by Crippen LogP contribution is -2.53. The van der Waals surface area contributed by atoms with Gasteiger partial charge >= 0.3 is 5.97 Å². The van der Waals surface area contributed by atoms with Crippen molar-refractivity contribution < 1.29 is 54.0 Å². The van der Waals surface area contributed by atoms with Crippen LogP contribution in [0.15, 0.2) is 46.8 Å². The van der Waals surface area contributed by atoms with Gasteiger partial charge in [-0.15, -0.1) is 0 Å². The number of aliphatic hydroxyl groups is 3. The number of fused-ring (bicyclic) bond motifs is 4. The molecule has 0 saturated heterocycles. The van der Waals surface area contributed by atoms with Gasteiger partial charge in [0.15, 0.2) is 11.6 Å². The molecule has 4 amide bonds. The smallest absolute Gasteiger partial charge is 0.326 e. The predicted octanol–water partition coefficient (Wildman–Crippen LogP) is 6.32. The number of ketones is 2. The normalized spacial score (nSPS) is 22.2. The van der Waals surface area contributed by atoms with Gasteiger partial charge in [0, 0.05) is 63.6 Å². The van der Waals surface area contributed by atoms with Gasteiger partial charge in [0.2, 0.25) is 23.6 Å². The minimum Gasteiger partial charge on any atom is -0.508 e. The zero-order valence-electron chi connectivity index (χ0n) is 39.7. The van der Waals surface area contributed by atoms with Gasteiger partial charge in [-0.3, -0.25) is 28.8 Å². The zero-order valence-corrected chi connectivity index (χ0v) is 39.7. The lowest BCUT2D eigenvalue weighted by atomic mass is 9.78. The van der Waals surface area contributed by atoms with Crippen LogP contribution in [0, 0.1) is 11.8 Å². The van der Waals surface area contributed by atoms with Crippen LogP contribution in [-0.4, -0.2) is 122 Å². The third-order valence-electron chi connectivity index (χ3n) is 13.2. The van der Waals surface area contributed by atoms with Gasteiger partial charge in [0.1, 0.15) is 17.8 Å². The number of aliphatic hydroxyl groups excluding tert-OH is 3. The summed E-state index contributed by atoms with van der Waals surface area (Å²) in [5.74, 6) is -6.30. The Labute approximate surface area is 386 Å². The number of unbranched alkanes of at least 4 members (excludes halogenated alkanes) is 14. The van der Waals surface area contributed by atoms with E-state index in [1.807, 2.05) is 0 Å². The summed E-state index contributed by atoms with van der Waals surface area (Å²) < 4.78 is 0. The second-order valence-corrected chi connectivity index (χ2v) is 18.4. The summed E-state index contributed by atoms with van der Waals surface area (Å²) in [6.45, 7) is 4.53. The quantitative estimate of drug-likeness (QED) is 0.0526. The zero-order chi connectivity index (χ0) is 48.1. The SMILES string of the molecule is CCCCCCCCCCCCCCCCCC(=O)N(C)[C@H](CO)C(=O)N[C@H](C)C(=O)CCC(=O)N(C)[C@@H]1C(=O)C[C@@H](C)C(=O)N[C@H](C(=O)O)CC2=CCC(O)C(=C2)C2=C(O)C=C[C@H]1C2. The van der Waals surface area contributed by atoms with Crippen molar-refractivity contribution in [3.63, 3.8) is 0 Å². The third kappa shape index (κ3) is 17.6. The van der Waals surface area contributed by atoms with Crippen LogP contribution in [0.5, 0.6) is 0 Å². The highest BCUT2D eigenvalue weighted by Gasteiger charge is 2.39. The van der Waals surface area contributed by atoms with Crippen LogP contribution in [0.2, 0.25) is 0 Å². The molecule has 1 unspecified atom stereocenters. The number of nitrogens with zero attached hydrogens (tertiary/aromatic N) is 2. The standard InChI is InChI=1S/C50H78N4O11/c1-6-7-8-9-10-11-12-13-14-15-16-17-18-19-20-21-45(60)53(4)40(32-55)49(63)51-34(3)41(56)26-27-46(61)54(5)47-36-23-25-43(58)38(31-36)37-29-35(22-24-42(37)57)30-39(50(64)65)52-48(62)33(2)28-44(47)59/h22-23,25,29,33-34,36,39-40,42,47,55,57-58H,6-21,24,26-28,30-32H2,1-5H3,(H,51,63)(H,52,62)(H,64,65)/t33-,34-,36+,39+,40-,42?,47+/m1/s1.